The zero-order valence-corrected chi connectivity index (χ0v) is 16.9. The Labute approximate surface area is 183 Å². The summed E-state index contributed by atoms with van der Waals surface area (Å²) in [6.07, 6.45) is 1.65. The number of rotatable bonds is 5. The van der Waals surface area contributed by atoms with Crippen molar-refractivity contribution in [2.45, 2.75) is 0 Å². The number of furan rings is 1. The second kappa shape index (κ2) is 7.70. The largest absolute Gasteiger partial charge is 0.454 e. The molecule has 0 saturated carbocycles. The van der Waals surface area contributed by atoms with Crippen LogP contribution in [0.15, 0.2) is 82.3 Å². The number of para-hydroxylation sites is 1. The van der Waals surface area contributed by atoms with Crippen LogP contribution in [0.1, 0.15) is 5.76 Å². The van der Waals surface area contributed by atoms with Gasteiger partial charge in [-0.1, -0.05) is 24.3 Å². The second-order valence-electron chi connectivity index (χ2n) is 7.26. The van der Waals surface area contributed by atoms with Crippen LogP contribution in [0.5, 0.6) is 23.0 Å². The van der Waals surface area contributed by atoms with Crippen molar-refractivity contribution < 1.29 is 23.4 Å². The Morgan fingerprint density at radius 1 is 0.688 bits per heavy atom. The number of anilines is 1. The van der Waals surface area contributed by atoms with Gasteiger partial charge in [0.2, 0.25) is 13.6 Å². The summed E-state index contributed by atoms with van der Waals surface area (Å²) in [5.41, 5.74) is 6.62. The second-order valence-corrected chi connectivity index (χ2v) is 7.26. The number of fused-ring (bicyclic) bond motifs is 2. The average molecular weight is 426 g/mol. The number of nitrogens with one attached hydrogen (secondary N) is 1. The molecule has 0 fully saturated rings. The van der Waals surface area contributed by atoms with Crippen molar-refractivity contribution >= 4 is 11.9 Å². The summed E-state index contributed by atoms with van der Waals surface area (Å²) < 4.78 is 28.2. The molecule has 2 aliphatic heterocycles. The summed E-state index contributed by atoms with van der Waals surface area (Å²) in [6, 6.07) is 23.3. The van der Waals surface area contributed by atoms with E-state index in [-0.39, 0.29) is 13.6 Å². The van der Waals surface area contributed by atoms with E-state index in [9.17, 15) is 0 Å². The number of hydrazone groups is 1. The van der Waals surface area contributed by atoms with Gasteiger partial charge in [-0.3, -0.25) is 5.43 Å². The molecule has 0 bridgehead atoms. The highest BCUT2D eigenvalue weighted by Gasteiger charge is 2.21. The molecule has 6 rings (SSSR count). The molecule has 0 spiro atoms. The van der Waals surface area contributed by atoms with Crippen LogP contribution in [0.3, 0.4) is 0 Å². The average Bonchev–Trinajstić information content (AvgIpc) is 3.58. The van der Waals surface area contributed by atoms with Crippen molar-refractivity contribution in [3.05, 3.63) is 78.6 Å². The monoisotopic (exact) mass is 426 g/mol. The lowest BCUT2D eigenvalue weighted by Gasteiger charge is -2.05. The van der Waals surface area contributed by atoms with Gasteiger partial charge in [0.25, 0.3) is 0 Å². The number of hydrogen-bond donors (Lipinski definition) is 1. The lowest BCUT2D eigenvalue weighted by atomic mass is 10.0. The van der Waals surface area contributed by atoms with E-state index in [1.165, 1.54) is 0 Å². The molecule has 3 aromatic carbocycles. The lowest BCUT2D eigenvalue weighted by Crippen LogP contribution is -1.92. The molecular formula is C25H18N2O5. The van der Waals surface area contributed by atoms with Gasteiger partial charge in [0, 0.05) is 11.1 Å². The van der Waals surface area contributed by atoms with Crippen LogP contribution in [-0.4, -0.2) is 19.8 Å². The highest BCUT2D eigenvalue weighted by Crippen LogP contribution is 2.43. The maximum atomic E-state index is 6.21. The molecule has 1 N–H and O–H groups in total. The molecule has 3 heterocycles. The standard InChI is InChI=1S/C25H18N2O5/c1-2-4-18(5-3-1)27-26-13-19-12-20(16-6-8-21-23(10-16)30-14-28-21)25(32-19)17-7-9-22-24(11-17)31-15-29-22/h1-13,27H,14-15H2/b26-13+. The van der Waals surface area contributed by atoms with E-state index >= 15 is 0 Å². The van der Waals surface area contributed by atoms with E-state index in [0.29, 0.717) is 23.0 Å². The third-order valence-corrected chi connectivity index (χ3v) is 5.23. The fraction of sp³-hybridized carbons (Fsp3) is 0.0800. The molecule has 1 aromatic heterocycles. The predicted octanol–water partition coefficient (Wildman–Crippen LogP) is 5.52. The van der Waals surface area contributed by atoms with Gasteiger partial charge in [0.15, 0.2) is 23.0 Å². The summed E-state index contributed by atoms with van der Waals surface area (Å²) in [4.78, 5) is 0. The van der Waals surface area contributed by atoms with E-state index in [1.54, 1.807) is 6.21 Å². The molecule has 7 heteroatoms. The minimum atomic E-state index is 0.217. The van der Waals surface area contributed by atoms with E-state index in [0.717, 1.165) is 33.9 Å². The van der Waals surface area contributed by atoms with E-state index < -0.39 is 0 Å². The normalized spacial score (nSPS) is 13.6. The third-order valence-electron chi connectivity index (χ3n) is 5.23. The Kier molecular flexibility index (Phi) is 4.42. The van der Waals surface area contributed by atoms with Gasteiger partial charge in [-0.25, -0.2) is 0 Å². The van der Waals surface area contributed by atoms with Gasteiger partial charge >= 0.3 is 0 Å². The Morgan fingerprint density at radius 3 is 2.09 bits per heavy atom. The molecule has 0 amide bonds. The highest BCUT2D eigenvalue weighted by atomic mass is 16.7. The minimum absolute atomic E-state index is 0.217. The summed E-state index contributed by atoms with van der Waals surface area (Å²) >= 11 is 0. The van der Waals surface area contributed by atoms with Crippen molar-refractivity contribution in [3.63, 3.8) is 0 Å². The van der Waals surface area contributed by atoms with E-state index in [4.69, 9.17) is 23.4 Å². The molecule has 7 nitrogen and oxygen atoms in total. The van der Waals surface area contributed by atoms with Crippen LogP contribution in [0.2, 0.25) is 0 Å². The van der Waals surface area contributed by atoms with Crippen molar-refractivity contribution in [3.8, 4) is 45.4 Å². The Hall–Kier alpha value is -4.39. The van der Waals surface area contributed by atoms with E-state index in [2.05, 4.69) is 10.5 Å². The highest BCUT2D eigenvalue weighted by molar-refractivity contribution is 5.88. The third kappa shape index (κ3) is 3.39. The van der Waals surface area contributed by atoms with Gasteiger partial charge in [-0.05, 0) is 54.1 Å². The number of ether oxygens (including phenoxy) is 4. The van der Waals surface area contributed by atoms with Crippen molar-refractivity contribution in [1.29, 1.82) is 0 Å². The SMILES string of the molecule is C(=N\Nc1ccccc1)/c1cc(-c2ccc3c(c2)OCO3)c(-c2ccc3c(c2)OCO3)o1. The lowest BCUT2D eigenvalue weighted by molar-refractivity contribution is 0.173. The first-order valence-electron chi connectivity index (χ1n) is 10.1. The van der Waals surface area contributed by atoms with Crippen LogP contribution < -0.4 is 24.4 Å². The van der Waals surface area contributed by atoms with Gasteiger partial charge in [0.1, 0.15) is 11.5 Å². The Morgan fingerprint density at radius 2 is 1.34 bits per heavy atom. The van der Waals surface area contributed by atoms with Gasteiger partial charge in [-0.2, -0.15) is 5.10 Å². The minimum Gasteiger partial charge on any atom is -0.454 e. The first-order valence-corrected chi connectivity index (χ1v) is 10.1. The van der Waals surface area contributed by atoms with E-state index in [1.807, 2.05) is 72.8 Å². The molecule has 2 aliphatic rings. The number of nitrogens with zero attached hydrogens (tertiary/aromatic N) is 1. The van der Waals surface area contributed by atoms with Crippen LogP contribution in [0.25, 0.3) is 22.5 Å². The molecule has 0 atom stereocenters. The zero-order chi connectivity index (χ0) is 21.3. The fourth-order valence-corrected chi connectivity index (χ4v) is 3.69. The smallest absolute Gasteiger partial charge is 0.231 e. The van der Waals surface area contributed by atoms with Crippen molar-refractivity contribution in [2.24, 2.45) is 5.10 Å². The maximum absolute atomic E-state index is 6.21. The van der Waals surface area contributed by atoms with Crippen LogP contribution in [0.4, 0.5) is 5.69 Å². The zero-order valence-electron chi connectivity index (χ0n) is 16.9. The van der Waals surface area contributed by atoms with Crippen LogP contribution >= 0.6 is 0 Å². The number of benzene rings is 3. The van der Waals surface area contributed by atoms with Gasteiger partial charge in [-0.15, -0.1) is 0 Å². The van der Waals surface area contributed by atoms with Crippen LogP contribution in [0, 0.1) is 0 Å². The number of hydrogen-bond acceptors (Lipinski definition) is 7. The quantitative estimate of drug-likeness (QED) is 0.335. The molecule has 32 heavy (non-hydrogen) atoms. The predicted molar refractivity (Wildman–Crippen MR) is 119 cm³/mol. The topological polar surface area (TPSA) is 74.5 Å². The van der Waals surface area contributed by atoms with Crippen LogP contribution in [-0.2, 0) is 0 Å². The first kappa shape index (κ1) is 18.4. The molecule has 0 aliphatic carbocycles. The molecule has 0 saturated heterocycles. The summed E-state index contributed by atoms with van der Waals surface area (Å²) in [5, 5.41) is 4.31. The van der Waals surface area contributed by atoms with Crippen molar-refractivity contribution in [2.75, 3.05) is 19.0 Å². The van der Waals surface area contributed by atoms with Gasteiger partial charge in [0.05, 0.1) is 11.9 Å². The molecular weight excluding hydrogens is 408 g/mol. The van der Waals surface area contributed by atoms with Gasteiger partial charge < -0.3 is 23.4 Å². The molecule has 0 radical (unpaired) electrons. The summed E-state index contributed by atoms with van der Waals surface area (Å²) in [5.74, 6) is 4.16. The Balaban J connectivity index is 1.39. The Bertz CT molecular complexity index is 1240. The summed E-state index contributed by atoms with van der Waals surface area (Å²) in [6.45, 7) is 0.442. The maximum Gasteiger partial charge on any atom is 0.231 e. The molecule has 0 unspecified atom stereocenters. The summed E-state index contributed by atoms with van der Waals surface area (Å²) in [7, 11) is 0. The molecule has 158 valence electrons. The molecule has 4 aromatic rings. The fourth-order valence-electron chi connectivity index (χ4n) is 3.69. The first-order chi connectivity index (χ1) is 15.8. The van der Waals surface area contributed by atoms with Crippen molar-refractivity contribution in [1.82, 2.24) is 0 Å².